The smallest absolute Gasteiger partial charge is 0.142 e. The zero-order valence-corrected chi connectivity index (χ0v) is 8.27. The summed E-state index contributed by atoms with van der Waals surface area (Å²) in [6.07, 6.45) is 4.01. The molecule has 0 aromatic rings. The molecule has 0 saturated carbocycles. The van der Waals surface area contributed by atoms with E-state index in [1.54, 1.807) is 0 Å². The second-order valence-corrected chi connectivity index (χ2v) is 3.60. The van der Waals surface area contributed by atoms with Crippen molar-refractivity contribution >= 4 is 6.72 Å². The third-order valence-corrected chi connectivity index (χ3v) is 1.95. The van der Waals surface area contributed by atoms with Crippen LogP contribution in [-0.2, 0) is 0 Å². The van der Waals surface area contributed by atoms with Crippen LogP contribution < -0.4 is 0 Å². The normalized spacial score (nSPS) is 10.5. The molecule has 0 atom stereocenters. The predicted molar refractivity (Wildman–Crippen MR) is 51.5 cm³/mol. The van der Waals surface area contributed by atoms with Crippen LogP contribution in [0.2, 0.25) is 0 Å². The molecular weight excluding hydrogens is 134 g/mol. The Morgan fingerprint density at radius 1 is 1.27 bits per heavy atom. The second-order valence-electron chi connectivity index (χ2n) is 3.60. The number of nitrogens with zero attached hydrogens (tertiary/aromatic N) is 1. The molecule has 0 aliphatic rings. The Morgan fingerprint density at radius 2 is 1.91 bits per heavy atom. The van der Waals surface area contributed by atoms with Gasteiger partial charge >= 0.3 is 0 Å². The minimum Gasteiger partial charge on any atom is -0.243 e. The van der Waals surface area contributed by atoms with Crippen molar-refractivity contribution in [1.29, 1.82) is 0 Å². The highest BCUT2D eigenvalue weighted by molar-refractivity contribution is 5.14. The fourth-order valence-corrected chi connectivity index (χ4v) is 1.05. The van der Waals surface area contributed by atoms with Gasteiger partial charge in [0.2, 0.25) is 0 Å². The van der Waals surface area contributed by atoms with Gasteiger partial charge in [-0.1, -0.05) is 20.3 Å². The SMILES string of the molecule is C=[N+](CC)CCCCC(C)C. The quantitative estimate of drug-likeness (QED) is 0.316. The zero-order valence-electron chi connectivity index (χ0n) is 8.27. The fraction of sp³-hybridized carbons (Fsp3) is 0.900. The van der Waals surface area contributed by atoms with E-state index in [2.05, 4.69) is 32.1 Å². The lowest BCUT2D eigenvalue weighted by atomic mass is 10.1. The lowest BCUT2D eigenvalue weighted by molar-refractivity contribution is -0.516. The van der Waals surface area contributed by atoms with E-state index in [0.29, 0.717) is 0 Å². The van der Waals surface area contributed by atoms with Crippen molar-refractivity contribution in [3.8, 4) is 0 Å². The van der Waals surface area contributed by atoms with Gasteiger partial charge in [-0.05, 0) is 19.3 Å². The van der Waals surface area contributed by atoms with Crippen molar-refractivity contribution in [3.63, 3.8) is 0 Å². The van der Waals surface area contributed by atoms with E-state index in [0.717, 1.165) is 19.0 Å². The molecule has 0 bridgehead atoms. The Hall–Kier alpha value is -0.330. The Kier molecular flexibility index (Phi) is 6.19. The first-order valence-electron chi connectivity index (χ1n) is 4.72. The van der Waals surface area contributed by atoms with Crippen LogP contribution in [0, 0.1) is 5.92 Å². The lowest BCUT2D eigenvalue weighted by Crippen LogP contribution is -2.10. The Labute approximate surface area is 71.1 Å². The summed E-state index contributed by atoms with van der Waals surface area (Å²) in [5.41, 5.74) is 0. The molecule has 0 aromatic heterocycles. The van der Waals surface area contributed by atoms with Crippen LogP contribution in [0.5, 0.6) is 0 Å². The first kappa shape index (κ1) is 10.7. The van der Waals surface area contributed by atoms with Gasteiger partial charge in [0.05, 0.1) is 0 Å². The minimum atomic E-state index is 0.856. The predicted octanol–water partition coefficient (Wildman–Crippen LogP) is 2.55. The van der Waals surface area contributed by atoms with E-state index in [4.69, 9.17) is 0 Å². The molecule has 0 N–H and O–H groups in total. The van der Waals surface area contributed by atoms with Crippen molar-refractivity contribution < 1.29 is 4.58 Å². The van der Waals surface area contributed by atoms with Gasteiger partial charge in [0, 0.05) is 6.42 Å². The topological polar surface area (TPSA) is 3.01 Å². The Morgan fingerprint density at radius 3 is 2.36 bits per heavy atom. The second kappa shape index (κ2) is 6.38. The van der Waals surface area contributed by atoms with Gasteiger partial charge in [0.15, 0.2) is 0 Å². The van der Waals surface area contributed by atoms with Crippen molar-refractivity contribution in [2.45, 2.75) is 40.0 Å². The number of unbranched alkanes of at least 4 members (excludes halogenated alkanes) is 1. The van der Waals surface area contributed by atoms with Gasteiger partial charge in [-0.15, -0.1) is 0 Å². The molecular formula is C10H22N+. The summed E-state index contributed by atoms with van der Waals surface area (Å²) in [6, 6.07) is 0. The van der Waals surface area contributed by atoms with E-state index < -0.39 is 0 Å². The molecule has 0 spiro atoms. The monoisotopic (exact) mass is 156 g/mol. The highest BCUT2D eigenvalue weighted by Crippen LogP contribution is 2.05. The zero-order chi connectivity index (χ0) is 8.69. The Balaban J connectivity index is 3.08. The maximum Gasteiger partial charge on any atom is 0.142 e. The van der Waals surface area contributed by atoms with E-state index in [-0.39, 0.29) is 0 Å². The average molecular weight is 156 g/mol. The number of hydrogen-bond acceptors (Lipinski definition) is 0. The molecule has 0 radical (unpaired) electrons. The average Bonchev–Trinajstić information content (AvgIpc) is 1.97. The van der Waals surface area contributed by atoms with Gasteiger partial charge in [-0.3, -0.25) is 0 Å². The maximum atomic E-state index is 3.91. The van der Waals surface area contributed by atoms with Crippen molar-refractivity contribution in [2.24, 2.45) is 5.92 Å². The lowest BCUT2D eigenvalue weighted by Gasteiger charge is -2.02. The van der Waals surface area contributed by atoms with Gasteiger partial charge in [-0.25, -0.2) is 4.58 Å². The van der Waals surface area contributed by atoms with Gasteiger partial charge in [0.1, 0.15) is 19.8 Å². The largest absolute Gasteiger partial charge is 0.243 e. The van der Waals surface area contributed by atoms with Crippen LogP contribution in [0.1, 0.15) is 40.0 Å². The summed E-state index contributed by atoms with van der Waals surface area (Å²) in [4.78, 5) is 0. The maximum absolute atomic E-state index is 3.91. The highest BCUT2D eigenvalue weighted by Gasteiger charge is 1.97. The molecule has 0 aliphatic heterocycles. The third kappa shape index (κ3) is 7.57. The first-order valence-corrected chi connectivity index (χ1v) is 4.72. The van der Waals surface area contributed by atoms with E-state index in [9.17, 15) is 0 Å². The molecule has 11 heavy (non-hydrogen) atoms. The standard InChI is InChI=1S/C10H22N/c1-5-11(4)9-7-6-8-10(2)3/h10H,4-9H2,1-3H3/q+1. The van der Waals surface area contributed by atoms with Gasteiger partial charge in [0.25, 0.3) is 0 Å². The molecule has 0 aromatic carbocycles. The van der Waals surface area contributed by atoms with Crippen molar-refractivity contribution in [2.75, 3.05) is 13.1 Å². The summed E-state index contributed by atoms with van der Waals surface area (Å²) < 4.78 is 2.13. The minimum absolute atomic E-state index is 0.856. The first-order chi connectivity index (χ1) is 5.16. The van der Waals surface area contributed by atoms with E-state index in [1.807, 2.05) is 0 Å². The molecule has 66 valence electrons. The van der Waals surface area contributed by atoms with Crippen LogP contribution in [0.3, 0.4) is 0 Å². The molecule has 1 heteroatoms. The van der Waals surface area contributed by atoms with Gasteiger partial charge in [-0.2, -0.15) is 0 Å². The van der Waals surface area contributed by atoms with Crippen LogP contribution >= 0.6 is 0 Å². The molecule has 0 amide bonds. The summed E-state index contributed by atoms with van der Waals surface area (Å²) in [5.74, 6) is 0.856. The van der Waals surface area contributed by atoms with E-state index in [1.165, 1.54) is 19.3 Å². The van der Waals surface area contributed by atoms with Crippen LogP contribution in [-0.4, -0.2) is 24.4 Å². The molecule has 0 aliphatic carbocycles. The van der Waals surface area contributed by atoms with E-state index >= 15 is 0 Å². The summed E-state index contributed by atoms with van der Waals surface area (Å²) in [7, 11) is 0. The summed E-state index contributed by atoms with van der Waals surface area (Å²) in [6.45, 7) is 12.8. The van der Waals surface area contributed by atoms with Crippen LogP contribution in [0.4, 0.5) is 0 Å². The van der Waals surface area contributed by atoms with Crippen LogP contribution in [0.25, 0.3) is 0 Å². The molecule has 0 fully saturated rings. The number of hydrogen-bond donors (Lipinski definition) is 0. The molecule has 0 rings (SSSR count). The van der Waals surface area contributed by atoms with Crippen LogP contribution in [0.15, 0.2) is 0 Å². The molecule has 0 unspecified atom stereocenters. The molecule has 0 heterocycles. The van der Waals surface area contributed by atoms with Gasteiger partial charge < -0.3 is 0 Å². The highest BCUT2D eigenvalue weighted by atomic mass is 15.0. The Bertz CT molecular complexity index is 105. The number of rotatable bonds is 6. The third-order valence-electron chi connectivity index (χ3n) is 1.95. The summed E-state index contributed by atoms with van der Waals surface area (Å²) >= 11 is 0. The van der Waals surface area contributed by atoms with Crippen molar-refractivity contribution in [3.05, 3.63) is 0 Å². The molecule has 1 nitrogen and oxygen atoms in total. The van der Waals surface area contributed by atoms with Crippen molar-refractivity contribution in [1.82, 2.24) is 0 Å². The summed E-state index contributed by atoms with van der Waals surface area (Å²) in [5, 5.41) is 0. The fourth-order valence-electron chi connectivity index (χ4n) is 1.05. The molecule has 0 saturated heterocycles.